The monoisotopic (exact) mass is 367 g/mol. The standard InChI is InChI=1S/C18H13N3O4S/c1-10-7-8-12(24-10)9-15-17(23)21-18(26-15)19-16(20-21)13-5-3-4-6-14(13)25-11(2)22/h3-9H,1-2H3/b15-9+. The molecule has 4 aromatic rings. The number of benzene rings is 1. The van der Waals surface area contributed by atoms with E-state index < -0.39 is 5.97 Å². The van der Waals surface area contributed by atoms with Crippen LogP contribution in [0.5, 0.6) is 5.75 Å². The van der Waals surface area contributed by atoms with E-state index in [-0.39, 0.29) is 5.56 Å². The van der Waals surface area contributed by atoms with E-state index in [1.54, 1.807) is 36.4 Å². The maximum absolute atomic E-state index is 12.6. The highest BCUT2D eigenvalue weighted by Gasteiger charge is 2.16. The molecule has 0 N–H and O–H groups in total. The largest absolute Gasteiger partial charge is 0.462 e. The summed E-state index contributed by atoms with van der Waals surface area (Å²) in [5.41, 5.74) is 0.271. The van der Waals surface area contributed by atoms with Crippen LogP contribution in [-0.4, -0.2) is 20.6 Å². The molecule has 3 heterocycles. The highest BCUT2D eigenvalue weighted by Crippen LogP contribution is 2.27. The van der Waals surface area contributed by atoms with Crippen molar-refractivity contribution in [2.45, 2.75) is 13.8 Å². The molecule has 4 rings (SSSR count). The number of para-hydroxylation sites is 1. The Bertz CT molecular complexity index is 1240. The molecule has 0 bridgehead atoms. The normalized spacial score (nSPS) is 12.0. The number of ether oxygens (including phenoxy) is 1. The van der Waals surface area contributed by atoms with E-state index >= 15 is 0 Å². The summed E-state index contributed by atoms with van der Waals surface area (Å²) in [4.78, 5) is 28.7. The van der Waals surface area contributed by atoms with Crippen LogP contribution >= 0.6 is 11.3 Å². The van der Waals surface area contributed by atoms with E-state index in [2.05, 4.69) is 10.1 Å². The summed E-state index contributed by atoms with van der Waals surface area (Å²) >= 11 is 1.22. The third-order valence-electron chi connectivity index (χ3n) is 3.60. The van der Waals surface area contributed by atoms with E-state index in [1.165, 1.54) is 22.8 Å². The maximum Gasteiger partial charge on any atom is 0.308 e. The predicted octanol–water partition coefficient (Wildman–Crippen LogP) is 2.19. The number of thiazole rings is 1. The molecule has 0 amide bonds. The molecule has 7 nitrogen and oxygen atoms in total. The minimum atomic E-state index is -0.436. The van der Waals surface area contributed by atoms with Gasteiger partial charge in [0.1, 0.15) is 21.8 Å². The van der Waals surface area contributed by atoms with Crippen LogP contribution in [0.2, 0.25) is 0 Å². The molecule has 0 fully saturated rings. The minimum Gasteiger partial charge on any atom is -0.462 e. The van der Waals surface area contributed by atoms with Gasteiger partial charge in [-0.05, 0) is 31.2 Å². The Kier molecular flexibility index (Phi) is 3.89. The second-order valence-corrected chi connectivity index (χ2v) is 6.59. The number of aryl methyl sites for hydroxylation is 1. The van der Waals surface area contributed by atoms with Gasteiger partial charge in [-0.3, -0.25) is 9.59 Å². The number of esters is 1. The fourth-order valence-electron chi connectivity index (χ4n) is 2.50. The van der Waals surface area contributed by atoms with Gasteiger partial charge in [-0.1, -0.05) is 23.5 Å². The first-order valence-corrected chi connectivity index (χ1v) is 8.58. The molecule has 0 saturated heterocycles. The zero-order valence-corrected chi connectivity index (χ0v) is 14.7. The highest BCUT2D eigenvalue weighted by molar-refractivity contribution is 7.15. The Morgan fingerprint density at radius 3 is 2.77 bits per heavy atom. The van der Waals surface area contributed by atoms with Crippen molar-refractivity contribution >= 4 is 28.3 Å². The Balaban J connectivity index is 1.80. The van der Waals surface area contributed by atoms with Crippen LogP contribution < -0.4 is 14.8 Å². The van der Waals surface area contributed by atoms with E-state index in [9.17, 15) is 9.59 Å². The van der Waals surface area contributed by atoms with Crippen molar-refractivity contribution in [2.24, 2.45) is 0 Å². The number of aromatic nitrogens is 3. The van der Waals surface area contributed by atoms with Crippen molar-refractivity contribution in [3.63, 3.8) is 0 Å². The molecule has 26 heavy (non-hydrogen) atoms. The maximum atomic E-state index is 12.6. The topological polar surface area (TPSA) is 86.7 Å². The molecule has 0 spiro atoms. The van der Waals surface area contributed by atoms with Crippen molar-refractivity contribution in [3.8, 4) is 17.1 Å². The molecule has 0 aliphatic heterocycles. The van der Waals surface area contributed by atoms with Gasteiger partial charge >= 0.3 is 5.97 Å². The van der Waals surface area contributed by atoms with Crippen molar-refractivity contribution in [2.75, 3.05) is 0 Å². The number of nitrogens with zero attached hydrogens (tertiary/aromatic N) is 3. The lowest BCUT2D eigenvalue weighted by molar-refractivity contribution is -0.131. The van der Waals surface area contributed by atoms with Gasteiger partial charge in [0.25, 0.3) is 5.56 Å². The van der Waals surface area contributed by atoms with E-state index in [0.29, 0.717) is 32.4 Å². The van der Waals surface area contributed by atoms with Crippen LogP contribution in [0.3, 0.4) is 0 Å². The summed E-state index contributed by atoms with van der Waals surface area (Å²) in [5, 5.41) is 4.28. The fourth-order valence-corrected chi connectivity index (χ4v) is 3.39. The Morgan fingerprint density at radius 1 is 1.27 bits per heavy atom. The molecule has 3 aromatic heterocycles. The second kappa shape index (κ2) is 6.23. The molecule has 0 radical (unpaired) electrons. The van der Waals surface area contributed by atoms with Crippen molar-refractivity contribution in [3.05, 3.63) is 62.8 Å². The third kappa shape index (κ3) is 2.91. The fraction of sp³-hybridized carbons (Fsp3) is 0.111. The van der Waals surface area contributed by atoms with Gasteiger partial charge in [0.05, 0.1) is 5.56 Å². The molecule has 130 valence electrons. The summed E-state index contributed by atoms with van der Waals surface area (Å²) in [6.07, 6.45) is 1.67. The zero-order valence-electron chi connectivity index (χ0n) is 13.9. The van der Waals surface area contributed by atoms with Gasteiger partial charge in [-0.2, -0.15) is 9.50 Å². The molecular weight excluding hydrogens is 354 g/mol. The van der Waals surface area contributed by atoms with Crippen LogP contribution in [0, 0.1) is 6.92 Å². The Hall–Kier alpha value is -3.26. The second-order valence-electron chi connectivity index (χ2n) is 5.58. The zero-order chi connectivity index (χ0) is 18.3. The molecule has 0 atom stereocenters. The number of hydrogen-bond donors (Lipinski definition) is 0. The first-order chi connectivity index (χ1) is 12.5. The van der Waals surface area contributed by atoms with Gasteiger partial charge < -0.3 is 9.15 Å². The van der Waals surface area contributed by atoms with Gasteiger partial charge in [-0.15, -0.1) is 5.10 Å². The molecule has 8 heteroatoms. The van der Waals surface area contributed by atoms with Crippen molar-refractivity contribution < 1.29 is 13.9 Å². The smallest absolute Gasteiger partial charge is 0.308 e. The molecular formula is C18H13N3O4S. The number of rotatable bonds is 3. The van der Waals surface area contributed by atoms with Crippen molar-refractivity contribution in [1.29, 1.82) is 0 Å². The predicted molar refractivity (Wildman–Crippen MR) is 96.1 cm³/mol. The first kappa shape index (κ1) is 16.2. The van der Waals surface area contributed by atoms with Crippen molar-refractivity contribution in [1.82, 2.24) is 14.6 Å². The average Bonchev–Trinajstić information content (AvgIpc) is 3.26. The third-order valence-corrected chi connectivity index (χ3v) is 4.56. The number of furan rings is 1. The van der Waals surface area contributed by atoms with Crippen LogP contribution in [0.15, 0.2) is 45.6 Å². The number of carbonyl (C=O) groups is 1. The van der Waals surface area contributed by atoms with Gasteiger partial charge in [0, 0.05) is 13.0 Å². The summed E-state index contributed by atoms with van der Waals surface area (Å²) in [6.45, 7) is 3.16. The van der Waals surface area contributed by atoms with E-state index in [0.717, 1.165) is 5.76 Å². The quantitative estimate of drug-likeness (QED) is 0.407. The van der Waals surface area contributed by atoms with E-state index in [1.807, 2.05) is 13.0 Å². The lowest BCUT2D eigenvalue weighted by Gasteiger charge is -2.04. The molecule has 0 saturated carbocycles. The lowest BCUT2D eigenvalue weighted by Crippen LogP contribution is -2.23. The lowest BCUT2D eigenvalue weighted by atomic mass is 10.2. The number of carbonyl (C=O) groups excluding carboxylic acids is 1. The highest BCUT2D eigenvalue weighted by atomic mass is 32.1. The van der Waals surface area contributed by atoms with Crippen LogP contribution in [0.1, 0.15) is 18.4 Å². The number of hydrogen-bond acceptors (Lipinski definition) is 7. The number of fused-ring (bicyclic) bond motifs is 1. The summed E-state index contributed by atoms with van der Waals surface area (Å²) in [5.74, 6) is 1.61. The van der Waals surface area contributed by atoms with Gasteiger partial charge in [0.15, 0.2) is 5.82 Å². The van der Waals surface area contributed by atoms with Crippen LogP contribution in [-0.2, 0) is 4.79 Å². The summed E-state index contributed by atoms with van der Waals surface area (Å²) in [7, 11) is 0. The first-order valence-electron chi connectivity index (χ1n) is 7.77. The Morgan fingerprint density at radius 2 is 2.08 bits per heavy atom. The van der Waals surface area contributed by atoms with Gasteiger partial charge in [-0.25, -0.2) is 0 Å². The van der Waals surface area contributed by atoms with Gasteiger partial charge in [0.2, 0.25) is 4.96 Å². The summed E-state index contributed by atoms with van der Waals surface area (Å²) < 4.78 is 12.4. The molecule has 0 aliphatic carbocycles. The molecule has 0 unspecified atom stereocenters. The van der Waals surface area contributed by atoms with Crippen LogP contribution in [0.25, 0.3) is 22.4 Å². The van der Waals surface area contributed by atoms with E-state index in [4.69, 9.17) is 9.15 Å². The minimum absolute atomic E-state index is 0.275. The summed E-state index contributed by atoms with van der Waals surface area (Å²) in [6, 6.07) is 10.6. The Labute approximate surface area is 151 Å². The SMILES string of the molecule is CC(=O)Oc1ccccc1-c1nc2s/c(=C/c3ccc(C)o3)c(=O)n2n1. The molecule has 1 aromatic carbocycles. The molecule has 0 aliphatic rings. The van der Waals surface area contributed by atoms with Crippen LogP contribution in [0.4, 0.5) is 0 Å². The average molecular weight is 367 g/mol.